The van der Waals surface area contributed by atoms with Crippen molar-refractivity contribution in [1.82, 2.24) is 4.90 Å². The van der Waals surface area contributed by atoms with E-state index in [1.165, 1.54) is 0 Å². The molecule has 3 rings (SSSR count). The van der Waals surface area contributed by atoms with Crippen LogP contribution in [-0.4, -0.2) is 22.7 Å². The molecular formula is C17H12Cl2N2O2S. The van der Waals surface area contributed by atoms with Crippen LogP contribution < -0.4 is 5.32 Å². The molecule has 122 valence electrons. The van der Waals surface area contributed by atoms with Gasteiger partial charge in [-0.1, -0.05) is 47.5 Å². The van der Waals surface area contributed by atoms with Crippen molar-refractivity contribution in [3.8, 4) is 0 Å². The first kappa shape index (κ1) is 16.9. The number of benzene rings is 2. The molecule has 4 nitrogen and oxygen atoms in total. The van der Waals surface area contributed by atoms with Crippen molar-refractivity contribution in [2.75, 3.05) is 12.0 Å². The van der Waals surface area contributed by atoms with Gasteiger partial charge in [-0.3, -0.25) is 14.5 Å². The molecule has 0 spiro atoms. The van der Waals surface area contributed by atoms with Crippen molar-refractivity contribution in [1.29, 1.82) is 0 Å². The maximum atomic E-state index is 12.4. The first-order chi connectivity index (χ1) is 11.5. The van der Waals surface area contributed by atoms with Crippen LogP contribution in [0.15, 0.2) is 53.4 Å². The molecule has 0 atom stereocenters. The molecule has 0 unspecified atom stereocenters. The van der Waals surface area contributed by atoms with E-state index in [2.05, 4.69) is 5.32 Å². The number of halogens is 2. The Morgan fingerprint density at radius 2 is 1.88 bits per heavy atom. The summed E-state index contributed by atoms with van der Waals surface area (Å²) in [5, 5.41) is 3.80. The van der Waals surface area contributed by atoms with Crippen molar-refractivity contribution in [2.24, 2.45) is 0 Å². The predicted molar refractivity (Wildman–Crippen MR) is 99.2 cm³/mol. The fourth-order valence-electron chi connectivity index (χ4n) is 2.14. The summed E-state index contributed by atoms with van der Waals surface area (Å²) in [6, 6.07) is 14.2. The van der Waals surface area contributed by atoms with E-state index in [0.29, 0.717) is 20.5 Å². The van der Waals surface area contributed by atoms with Gasteiger partial charge < -0.3 is 5.32 Å². The Hall–Kier alpha value is -1.95. The van der Waals surface area contributed by atoms with Gasteiger partial charge in [-0.2, -0.15) is 0 Å². The number of rotatable bonds is 4. The number of carbonyl (C=O) groups excluding carboxylic acids is 2. The zero-order chi connectivity index (χ0) is 17.1. The van der Waals surface area contributed by atoms with E-state index in [4.69, 9.17) is 23.2 Å². The molecule has 7 heteroatoms. The number of nitrogens with one attached hydrogen (secondary N) is 1. The summed E-state index contributed by atoms with van der Waals surface area (Å²) < 4.78 is 0. The van der Waals surface area contributed by atoms with Crippen LogP contribution in [0.1, 0.15) is 5.56 Å². The van der Waals surface area contributed by atoms with Gasteiger partial charge in [0.05, 0.1) is 11.6 Å². The Kier molecular flexibility index (Phi) is 5.14. The minimum atomic E-state index is -0.348. The van der Waals surface area contributed by atoms with Crippen LogP contribution in [-0.2, 0) is 4.79 Å². The number of imide groups is 1. The molecule has 1 aliphatic heterocycles. The summed E-state index contributed by atoms with van der Waals surface area (Å²) in [4.78, 5) is 26.0. The van der Waals surface area contributed by atoms with E-state index in [1.807, 2.05) is 12.1 Å². The average molecular weight is 379 g/mol. The van der Waals surface area contributed by atoms with Crippen molar-refractivity contribution >= 4 is 57.9 Å². The SMILES string of the molecule is O=C1SC(=Cc2ccccc2Cl)C(=O)N1CNc1cccc(Cl)c1. The van der Waals surface area contributed by atoms with Gasteiger partial charge >= 0.3 is 0 Å². The van der Waals surface area contributed by atoms with Gasteiger partial charge in [0.1, 0.15) is 0 Å². The third-order valence-electron chi connectivity index (χ3n) is 3.33. The molecule has 2 aromatic carbocycles. The number of thioether (sulfide) groups is 1. The second-order valence-corrected chi connectivity index (χ2v) is 6.81. The van der Waals surface area contributed by atoms with Crippen LogP contribution in [0, 0.1) is 0 Å². The van der Waals surface area contributed by atoms with Crippen LogP contribution in [0.25, 0.3) is 6.08 Å². The average Bonchev–Trinajstić information content (AvgIpc) is 2.82. The molecule has 1 aliphatic rings. The Balaban J connectivity index is 1.73. The van der Waals surface area contributed by atoms with E-state index < -0.39 is 0 Å². The molecule has 0 radical (unpaired) electrons. The van der Waals surface area contributed by atoms with E-state index >= 15 is 0 Å². The molecule has 0 saturated carbocycles. The van der Waals surface area contributed by atoms with Gasteiger partial charge in [-0.15, -0.1) is 0 Å². The first-order valence-corrected chi connectivity index (χ1v) is 8.61. The molecule has 2 aromatic rings. The highest BCUT2D eigenvalue weighted by molar-refractivity contribution is 8.18. The van der Waals surface area contributed by atoms with Crippen molar-refractivity contribution in [2.45, 2.75) is 0 Å². The van der Waals surface area contributed by atoms with Gasteiger partial charge in [0, 0.05) is 15.7 Å². The maximum absolute atomic E-state index is 12.4. The lowest BCUT2D eigenvalue weighted by Gasteiger charge is -2.14. The van der Waals surface area contributed by atoms with E-state index in [1.54, 1.807) is 42.5 Å². The molecule has 1 N–H and O–H groups in total. The third-order valence-corrected chi connectivity index (χ3v) is 4.82. The van der Waals surface area contributed by atoms with Crippen LogP contribution >= 0.6 is 35.0 Å². The van der Waals surface area contributed by atoms with E-state index in [-0.39, 0.29) is 17.8 Å². The second kappa shape index (κ2) is 7.30. The summed E-state index contributed by atoms with van der Waals surface area (Å²) in [6.45, 7) is 0.0743. The highest BCUT2D eigenvalue weighted by atomic mass is 35.5. The van der Waals surface area contributed by atoms with Crippen molar-refractivity contribution in [3.63, 3.8) is 0 Å². The summed E-state index contributed by atoms with van der Waals surface area (Å²) >= 11 is 12.9. The minimum absolute atomic E-state index is 0.0743. The zero-order valence-corrected chi connectivity index (χ0v) is 14.7. The number of hydrogen-bond acceptors (Lipinski definition) is 4. The summed E-state index contributed by atoms with van der Waals surface area (Å²) in [5.74, 6) is -0.348. The largest absolute Gasteiger partial charge is 0.367 e. The van der Waals surface area contributed by atoms with Crippen molar-refractivity contribution in [3.05, 3.63) is 69.0 Å². The monoisotopic (exact) mass is 378 g/mol. The van der Waals surface area contributed by atoms with Crippen LogP contribution in [0.2, 0.25) is 10.0 Å². The fraction of sp³-hybridized carbons (Fsp3) is 0.0588. The molecule has 2 amide bonds. The molecule has 24 heavy (non-hydrogen) atoms. The summed E-state index contributed by atoms with van der Waals surface area (Å²) in [6.07, 6.45) is 1.63. The first-order valence-electron chi connectivity index (χ1n) is 7.04. The fourth-order valence-corrected chi connectivity index (χ4v) is 3.35. The van der Waals surface area contributed by atoms with Crippen LogP contribution in [0.4, 0.5) is 10.5 Å². The smallest absolute Gasteiger partial charge is 0.295 e. The quantitative estimate of drug-likeness (QED) is 0.751. The van der Waals surface area contributed by atoms with Gasteiger partial charge in [-0.05, 0) is 47.7 Å². The lowest BCUT2D eigenvalue weighted by atomic mass is 10.2. The molecule has 0 aliphatic carbocycles. The topological polar surface area (TPSA) is 49.4 Å². The standard InChI is InChI=1S/C17H12Cl2N2O2S/c18-12-5-3-6-13(9-12)20-10-21-16(22)15(24-17(21)23)8-11-4-1-2-7-14(11)19/h1-9,20H,10H2. The normalized spacial score (nSPS) is 16.1. The van der Waals surface area contributed by atoms with Gasteiger partial charge in [0.15, 0.2) is 0 Å². The third kappa shape index (κ3) is 3.75. The Labute approximate surface area is 153 Å². The number of anilines is 1. The van der Waals surface area contributed by atoms with Crippen LogP contribution in [0.5, 0.6) is 0 Å². The van der Waals surface area contributed by atoms with Crippen molar-refractivity contribution < 1.29 is 9.59 Å². The minimum Gasteiger partial charge on any atom is -0.367 e. The lowest BCUT2D eigenvalue weighted by molar-refractivity contribution is -0.122. The van der Waals surface area contributed by atoms with Gasteiger partial charge in [0.2, 0.25) is 0 Å². The Morgan fingerprint density at radius 1 is 1.08 bits per heavy atom. The molecule has 1 saturated heterocycles. The molecule has 1 heterocycles. The Bertz CT molecular complexity index is 839. The number of hydrogen-bond donors (Lipinski definition) is 1. The predicted octanol–water partition coefficient (Wildman–Crippen LogP) is 5.10. The molecule has 0 bridgehead atoms. The summed E-state index contributed by atoms with van der Waals surface area (Å²) in [7, 11) is 0. The number of amides is 2. The second-order valence-electron chi connectivity index (χ2n) is 4.98. The number of nitrogens with zero attached hydrogens (tertiary/aromatic N) is 1. The molecule has 1 fully saturated rings. The van der Waals surface area contributed by atoms with E-state index in [9.17, 15) is 9.59 Å². The van der Waals surface area contributed by atoms with Gasteiger partial charge in [-0.25, -0.2) is 0 Å². The summed E-state index contributed by atoms with van der Waals surface area (Å²) in [5.41, 5.74) is 1.43. The van der Waals surface area contributed by atoms with E-state index in [0.717, 1.165) is 22.3 Å². The highest BCUT2D eigenvalue weighted by Gasteiger charge is 2.34. The van der Waals surface area contributed by atoms with Gasteiger partial charge in [0.25, 0.3) is 11.1 Å². The Morgan fingerprint density at radius 3 is 2.62 bits per heavy atom. The maximum Gasteiger partial charge on any atom is 0.295 e. The highest BCUT2D eigenvalue weighted by Crippen LogP contribution is 2.33. The number of carbonyl (C=O) groups is 2. The zero-order valence-electron chi connectivity index (χ0n) is 12.3. The molecular weight excluding hydrogens is 367 g/mol. The lowest BCUT2D eigenvalue weighted by Crippen LogP contribution is -2.33. The van der Waals surface area contributed by atoms with Crippen LogP contribution in [0.3, 0.4) is 0 Å². The molecule has 0 aromatic heterocycles.